The number of nitrogens with zero attached hydrogens (tertiary/aromatic N) is 11. The predicted octanol–water partition coefficient (Wildman–Crippen LogP) is 22.4. The predicted molar refractivity (Wildman–Crippen MR) is 437 cm³/mol. The zero-order valence-corrected chi connectivity index (χ0v) is 69.5. The van der Waals surface area contributed by atoms with Gasteiger partial charge >= 0.3 is 17.9 Å². The molecule has 0 aliphatic heterocycles. The first-order valence-corrected chi connectivity index (χ1v) is 40.9. The second-order valence-corrected chi connectivity index (χ2v) is 35.6. The summed E-state index contributed by atoms with van der Waals surface area (Å²) >= 11 is 43.2. The number of aromatic nitrogens is 12. The lowest BCUT2D eigenvalue weighted by Gasteiger charge is -2.21. The third kappa shape index (κ3) is 17.1. The highest BCUT2D eigenvalue weighted by atomic mass is 79.9. The van der Waals surface area contributed by atoms with E-state index in [2.05, 4.69) is 152 Å². The maximum atomic E-state index is 12.2. The fourth-order valence-corrected chi connectivity index (χ4v) is 18.1. The smallest absolute Gasteiger partial charge is 0.321 e. The molecule has 4 aliphatic carbocycles. The molecule has 4 heterocycles. The molecule has 18 nitrogen and oxygen atoms in total. The Morgan fingerprint density at radius 1 is 0.462 bits per heavy atom. The van der Waals surface area contributed by atoms with Crippen LogP contribution >= 0.6 is 138 Å². The van der Waals surface area contributed by atoms with E-state index in [1.165, 1.54) is 158 Å². The van der Waals surface area contributed by atoms with Crippen LogP contribution in [0.2, 0.25) is 20.1 Å². The average Bonchev–Trinajstić information content (AvgIpc) is 1.59. The lowest BCUT2D eigenvalue weighted by Crippen LogP contribution is -2.29. The quantitative estimate of drug-likeness (QED) is 0.0389. The fourth-order valence-electron chi connectivity index (χ4n) is 12.7. The van der Waals surface area contributed by atoms with Crippen LogP contribution in [-0.4, -0.2) is 119 Å². The van der Waals surface area contributed by atoms with Gasteiger partial charge in [-0.2, -0.15) is 8.98 Å². The number of ether oxygens (including phenoxy) is 3. The minimum Gasteiger partial charge on any atom is -0.468 e. The summed E-state index contributed by atoms with van der Waals surface area (Å²) < 4.78 is 31.5. The molecular weight excluding hydrogens is 1660 g/mol. The number of esters is 3. The Morgan fingerprint density at radius 3 is 1.04 bits per heavy atom. The number of hydrogen-bond acceptors (Lipinski definition) is 18. The van der Waals surface area contributed by atoms with E-state index in [-0.39, 0.29) is 30.1 Å². The van der Waals surface area contributed by atoms with Crippen molar-refractivity contribution in [1.82, 2.24) is 59.1 Å². The van der Waals surface area contributed by atoms with Crippen LogP contribution in [0.15, 0.2) is 159 Å². The Kier molecular flexibility index (Phi) is 24.8. The van der Waals surface area contributed by atoms with Crippen LogP contribution in [0.4, 0.5) is 3.89 Å². The van der Waals surface area contributed by atoms with Crippen LogP contribution in [-0.2, 0) is 28.6 Å². The topological polar surface area (TPSA) is 205 Å². The number of carbonyl (C=O) groups excluding carboxylic acids is 3. The van der Waals surface area contributed by atoms with Crippen molar-refractivity contribution in [2.45, 2.75) is 146 Å². The Morgan fingerprint density at radius 2 is 0.745 bits per heavy atom. The van der Waals surface area contributed by atoms with Crippen molar-refractivity contribution < 1.29 is 32.5 Å². The van der Waals surface area contributed by atoms with Crippen LogP contribution < -0.4 is 0 Å². The molecule has 0 saturated heterocycles. The molecule has 0 spiro atoms. The molecule has 4 saturated carbocycles. The van der Waals surface area contributed by atoms with E-state index < -0.39 is 14.2 Å². The lowest BCUT2D eigenvalue weighted by atomic mass is 9.99. The summed E-state index contributed by atoms with van der Waals surface area (Å²) in [4.78, 5) is 36.4. The molecule has 106 heavy (non-hydrogen) atoms. The number of benzene rings is 8. The van der Waals surface area contributed by atoms with Crippen molar-refractivity contribution in [1.29, 1.82) is 0 Å². The summed E-state index contributed by atoms with van der Waals surface area (Å²) in [6, 6.07) is 41.4. The van der Waals surface area contributed by atoms with Gasteiger partial charge in [-0.25, -0.2) is 0 Å². The molecule has 16 rings (SSSR count). The second-order valence-electron chi connectivity index (χ2n) is 27.1. The van der Waals surface area contributed by atoms with Crippen molar-refractivity contribution in [3.63, 3.8) is 0 Å². The van der Waals surface area contributed by atoms with Gasteiger partial charge in [-0.1, -0.05) is 179 Å². The number of aromatic amines is 1. The SMILES string of the molecule is COC(=O)C(C)(C)Sc1nnc(Br)n1-c1c(Cl)cc(C2CC2)c2ccccc12.COC(=O)C(C)(C)Sc1nnc(Br)n1-c1c(Cl)cc(C2CC2)c2ccccc12.COC(=O)C(C)(C)Sc1nncn1-c1c(Cl)cc(C2CC2)c2ccccc12.CSF.S=c1[nH]ncn1-c1c(Cl)cc(C2CC2)c2ccccc12. The number of halogens is 7. The summed E-state index contributed by atoms with van der Waals surface area (Å²) in [6.07, 6.45) is 14.4. The summed E-state index contributed by atoms with van der Waals surface area (Å²) in [5.41, 5.74) is 8.59. The van der Waals surface area contributed by atoms with Crippen LogP contribution in [0.1, 0.15) is 139 Å². The first-order valence-electron chi connectivity index (χ1n) is 33.8. The molecule has 30 heteroatoms. The van der Waals surface area contributed by atoms with E-state index in [1.807, 2.05) is 60.7 Å². The molecule has 0 atom stereocenters. The summed E-state index contributed by atoms with van der Waals surface area (Å²) in [5.74, 6) is 1.42. The number of carbonyl (C=O) groups is 3. The molecule has 4 aromatic heterocycles. The van der Waals surface area contributed by atoms with Crippen molar-refractivity contribution in [3.8, 4) is 22.7 Å². The van der Waals surface area contributed by atoms with Gasteiger partial charge in [0.1, 0.15) is 26.9 Å². The molecule has 0 radical (unpaired) electrons. The number of rotatable bonds is 17. The average molecular weight is 1730 g/mol. The van der Waals surface area contributed by atoms with Gasteiger partial charge in [0.2, 0.25) is 9.47 Å². The number of hydrogen-bond donors (Lipinski definition) is 1. The van der Waals surface area contributed by atoms with Crippen molar-refractivity contribution in [2.75, 3.05) is 27.6 Å². The molecule has 4 aliphatic rings. The van der Waals surface area contributed by atoms with Gasteiger partial charge in [0, 0.05) is 39.9 Å². The van der Waals surface area contributed by atoms with E-state index >= 15 is 0 Å². The first-order chi connectivity index (χ1) is 50.7. The van der Waals surface area contributed by atoms with E-state index in [0.29, 0.717) is 68.4 Å². The Labute approximate surface area is 671 Å². The first kappa shape index (κ1) is 79.0. The minimum atomic E-state index is -0.824. The van der Waals surface area contributed by atoms with Crippen LogP contribution in [0.5, 0.6) is 0 Å². The van der Waals surface area contributed by atoms with E-state index in [9.17, 15) is 18.3 Å². The monoisotopic (exact) mass is 1730 g/mol. The lowest BCUT2D eigenvalue weighted by molar-refractivity contribution is -0.143. The highest BCUT2D eigenvalue weighted by Crippen LogP contribution is 2.52. The standard InChI is InChI=1S/2C20H19BrClN3O2S.C20H20ClN3O2S.C15H12ClN3S.CH3FS/c2*1-20(2,17(26)27-3)28-19-24-23-18(21)25(19)16-13-7-5-4-6-12(13)14(10-15(16)22)11-8-9-11;1-20(2,18(25)26-3)27-19-23-22-11-24(19)17-14-7-5-4-6-13(14)15(10-16(17)21)12-8-9-12;16-13-7-12(9-5-6-9)10-3-1-2-4-11(10)14(13)19-8-17-18-15(19)20;1-3-2/h2*4-7,10-11H,8-9H2,1-3H3;4-7,10-12H,8-9H2,1-3H3;1-4,7-9H,5-6H2,(H,18,20);1H3. The summed E-state index contributed by atoms with van der Waals surface area (Å²) in [7, 11) is 4.15. The number of nitrogens with one attached hydrogen (secondary N) is 1. The third-order valence-electron chi connectivity index (χ3n) is 18.3. The molecule has 4 fully saturated rings. The van der Waals surface area contributed by atoms with Gasteiger partial charge < -0.3 is 14.2 Å². The van der Waals surface area contributed by atoms with Gasteiger partial charge in [-0.15, -0.1) is 30.6 Å². The molecule has 8 aromatic carbocycles. The van der Waals surface area contributed by atoms with Crippen LogP contribution in [0.25, 0.3) is 65.8 Å². The molecule has 12 aromatic rings. The van der Waals surface area contributed by atoms with Crippen LogP contribution in [0.3, 0.4) is 0 Å². The van der Waals surface area contributed by atoms with Crippen molar-refractivity contribution in [2.24, 2.45) is 0 Å². The maximum Gasteiger partial charge on any atom is 0.321 e. The molecule has 0 unspecified atom stereocenters. The molecule has 0 bridgehead atoms. The van der Waals surface area contributed by atoms with Crippen molar-refractivity contribution >= 4 is 199 Å². The molecule has 1 N–H and O–H groups in total. The van der Waals surface area contributed by atoms with E-state index in [4.69, 9.17) is 72.8 Å². The second kappa shape index (κ2) is 33.3. The Balaban J connectivity index is 0.000000132. The third-order valence-corrected chi connectivity index (χ3v) is 24.2. The normalized spacial score (nSPS) is 14.3. The molecular formula is C76H73Br2Cl4FN12O6S5. The minimum absolute atomic E-state index is 0.250. The van der Waals surface area contributed by atoms with Gasteiger partial charge in [0.15, 0.2) is 20.2 Å². The van der Waals surface area contributed by atoms with Gasteiger partial charge in [-0.05, 0) is 229 Å². The zero-order chi connectivity index (χ0) is 75.7. The van der Waals surface area contributed by atoms with Gasteiger partial charge in [0.25, 0.3) is 0 Å². The number of H-pyrrole nitrogens is 1. The number of thioether (sulfide) groups is 3. The maximum absolute atomic E-state index is 12.2. The largest absolute Gasteiger partial charge is 0.468 e. The van der Waals surface area contributed by atoms with Crippen LogP contribution in [0, 0.1) is 4.77 Å². The molecule has 552 valence electrons. The number of fused-ring (bicyclic) bond motifs is 4. The summed E-state index contributed by atoms with van der Waals surface area (Å²) in [5, 5.41) is 45.4. The van der Waals surface area contributed by atoms with Gasteiger partial charge in [0.05, 0.1) is 64.2 Å². The molecule has 0 amide bonds. The highest BCUT2D eigenvalue weighted by molar-refractivity contribution is 9.10. The van der Waals surface area contributed by atoms with Gasteiger partial charge in [-0.3, -0.25) is 37.8 Å². The number of methoxy groups -OCH3 is 3. The fraction of sp³-hybridized carbons (Fsp3) is 0.329. The Bertz CT molecular complexity index is 5220. The van der Waals surface area contributed by atoms with E-state index in [1.54, 1.807) is 54.2 Å². The Hall–Kier alpha value is -6.56. The zero-order valence-electron chi connectivity index (χ0n) is 59.2. The van der Waals surface area contributed by atoms with Crippen molar-refractivity contribution in [3.05, 3.63) is 191 Å². The summed E-state index contributed by atoms with van der Waals surface area (Å²) in [6.45, 7) is 10.8. The highest BCUT2D eigenvalue weighted by Gasteiger charge is 2.38. The van der Waals surface area contributed by atoms with E-state index in [0.717, 1.165) is 49.3 Å².